The number of ether oxygens (including phenoxy) is 1. The number of methoxy groups -OCH3 is 1. The predicted molar refractivity (Wildman–Crippen MR) is 105 cm³/mol. The lowest BCUT2D eigenvalue weighted by Crippen LogP contribution is -2.31. The molecule has 0 spiro atoms. The monoisotopic (exact) mass is 349 g/mol. The molecule has 3 nitrogen and oxygen atoms in total. The SMILES string of the molecule is COC(=O)c1ccc([C@@H]2Nc3ccc(C)cc3[C@@H]3CCCCC[C@@H]32)cc1. The molecule has 0 aromatic heterocycles. The van der Waals surface area contributed by atoms with Crippen LogP contribution in [0.1, 0.15) is 71.1 Å². The fraction of sp³-hybridized carbons (Fsp3) is 0.435. The summed E-state index contributed by atoms with van der Waals surface area (Å²) in [4.78, 5) is 11.7. The van der Waals surface area contributed by atoms with E-state index in [1.54, 1.807) is 0 Å². The summed E-state index contributed by atoms with van der Waals surface area (Å²) in [6.07, 6.45) is 6.50. The second kappa shape index (κ2) is 7.14. The van der Waals surface area contributed by atoms with Gasteiger partial charge in [0.1, 0.15) is 0 Å². The topological polar surface area (TPSA) is 38.3 Å². The van der Waals surface area contributed by atoms with Crippen LogP contribution in [-0.4, -0.2) is 13.1 Å². The highest BCUT2D eigenvalue weighted by Gasteiger charge is 2.37. The molecule has 2 aromatic rings. The first-order chi connectivity index (χ1) is 12.7. The second-order valence-corrected chi connectivity index (χ2v) is 7.73. The second-order valence-electron chi connectivity index (χ2n) is 7.73. The first kappa shape index (κ1) is 17.1. The number of hydrogen-bond acceptors (Lipinski definition) is 3. The van der Waals surface area contributed by atoms with Crippen LogP contribution in [0.25, 0.3) is 0 Å². The number of hydrogen-bond donors (Lipinski definition) is 1. The Bertz CT molecular complexity index is 796. The number of carbonyl (C=O) groups is 1. The number of carbonyl (C=O) groups excluding carboxylic acids is 1. The Morgan fingerprint density at radius 2 is 1.81 bits per heavy atom. The van der Waals surface area contributed by atoms with Crippen molar-refractivity contribution in [3.8, 4) is 0 Å². The summed E-state index contributed by atoms with van der Waals surface area (Å²) in [5.74, 6) is 0.955. The molecule has 1 saturated carbocycles. The number of nitrogens with one attached hydrogen (secondary N) is 1. The largest absolute Gasteiger partial charge is 0.465 e. The maximum absolute atomic E-state index is 11.7. The molecule has 1 aliphatic carbocycles. The number of aryl methyl sites for hydroxylation is 1. The molecule has 0 unspecified atom stereocenters. The highest BCUT2D eigenvalue weighted by molar-refractivity contribution is 5.89. The molecular weight excluding hydrogens is 322 g/mol. The van der Waals surface area contributed by atoms with Crippen LogP contribution < -0.4 is 5.32 Å². The van der Waals surface area contributed by atoms with Crippen molar-refractivity contribution in [2.75, 3.05) is 12.4 Å². The van der Waals surface area contributed by atoms with Gasteiger partial charge in [0.25, 0.3) is 0 Å². The first-order valence-corrected chi connectivity index (χ1v) is 9.73. The van der Waals surface area contributed by atoms with Crippen LogP contribution in [0.4, 0.5) is 5.69 Å². The summed E-state index contributed by atoms with van der Waals surface area (Å²) >= 11 is 0. The molecule has 2 aliphatic rings. The molecule has 3 heteroatoms. The van der Waals surface area contributed by atoms with Gasteiger partial charge in [0.05, 0.1) is 18.7 Å². The van der Waals surface area contributed by atoms with Crippen molar-refractivity contribution in [2.24, 2.45) is 5.92 Å². The standard InChI is InChI=1S/C23H27NO2/c1-15-8-13-21-20(14-15)18-6-4-3-5-7-19(18)22(24-21)16-9-11-17(12-10-16)23(25)26-2/h8-14,18-19,22,24H,3-7H2,1-2H3/t18-,19+,22+/m1/s1. The maximum Gasteiger partial charge on any atom is 0.337 e. The third kappa shape index (κ3) is 3.11. The molecular formula is C23H27NO2. The lowest BCUT2D eigenvalue weighted by atomic mass is 9.72. The van der Waals surface area contributed by atoms with Crippen LogP contribution in [0.3, 0.4) is 0 Å². The van der Waals surface area contributed by atoms with Gasteiger partial charge < -0.3 is 10.1 Å². The van der Waals surface area contributed by atoms with Crippen molar-refractivity contribution < 1.29 is 9.53 Å². The van der Waals surface area contributed by atoms with E-state index in [1.807, 2.05) is 12.1 Å². The zero-order valence-corrected chi connectivity index (χ0v) is 15.6. The Hall–Kier alpha value is -2.29. The van der Waals surface area contributed by atoms with Gasteiger partial charge in [-0.05, 0) is 60.9 Å². The van der Waals surface area contributed by atoms with Crippen molar-refractivity contribution in [3.63, 3.8) is 0 Å². The molecule has 0 radical (unpaired) electrons. The van der Waals surface area contributed by atoms with Gasteiger partial charge in [-0.15, -0.1) is 0 Å². The molecule has 2 aromatic carbocycles. The van der Waals surface area contributed by atoms with Gasteiger partial charge >= 0.3 is 5.97 Å². The number of anilines is 1. The Kier molecular flexibility index (Phi) is 4.71. The van der Waals surface area contributed by atoms with E-state index in [0.29, 0.717) is 23.4 Å². The molecule has 1 heterocycles. The van der Waals surface area contributed by atoms with Crippen LogP contribution in [-0.2, 0) is 4.74 Å². The summed E-state index contributed by atoms with van der Waals surface area (Å²) in [5, 5.41) is 3.81. The average Bonchev–Trinajstić information content (AvgIpc) is 2.93. The van der Waals surface area contributed by atoms with Crippen molar-refractivity contribution in [1.82, 2.24) is 0 Å². The minimum absolute atomic E-state index is 0.277. The van der Waals surface area contributed by atoms with E-state index in [-0.39, 0.29) is 5.97 Å². The number of benzene rings is 2. The van der Waals surface area contributed by atoms with Gasteiger partial charge in [-0.25, -0.2) is 4.79 Å². The fourth-order valence-electron chi connectivity index (χ4n) is 4.79. The molecule has 0 bridgehead atoms. The van der Waals surface area contributed by atoms with E-state index in [0.717, 1.165) is 0 Å². The average molecular weight is 349 g/mol. The van der Waals surface area contributed by atoms with Crippen LogP contribution in [0, 0.1) is 12.8 Å². The molecule has 136 valence electrons. The van der Waals surface area contributed by atoms with E-state index in [4.69, 9.17) is 4.74 Å². The van der Waals surface area contributed by atoms with Gasteiger partial charge in [-0.3, -0.25) is 0 Å². The van der Waals surface area contributed by atoms with Crippen molar-refractivity contribution in [1.29, 1.82) is 0 Å². The van der Waals surface area contributed by atoms with Crippen molar-refractivity contribution in [2.45, 2.75) is 51.0 Å². The Morgan fingerprint density at radius 1 is 1.04 bits per heavy atom. The molecule has 0 amide bonds. The third-order valence-electron chi connectivity index (χ3n) is 6.11. The van der Waals surface area contributed by atoms with Crippen LogP contribution in [0.2, 0.25) is 0 Å². The fourth-order valence-corrected chi connectivity index (χ4v) is 4.79. The maximum atomic E-state index is 11.7. The summed E-state index contributed by atoms with van der Waals surface area (Å²) in [6, 6.07) is 15.1. The molecule has 0 saturated heterocycles. The predicted octanol–water partition coefficient (Wildman–Crippen LogP) is 5.61. The Labute approximate surface area is 155 Å². The van der Waals surface area contributed by atoms with E-state index in [2.05, 4.69) is 42.6 Å². The number of esters is 1. The van der Waals surface area contributed by atoms with Crippen LogP contribution in [0.5, 0.6) is 0 Å². The third-order valence-corrected chi connectivity index (χ3v) is 6.11. The summed E-state index contributed by atoms with van der Waals surface area (Å²) in [6.45, 7) is 2.18. The van der Waals surface area contributed by atoms with Gasteiger partial charge in [0, 0.05) is 5.69 Å². The van der Waals surface area contributed by atoms with Crippen LogP contribution in [0.15, 0.2) is 42.5 Å². The van der Waals surface area contributed by atoms with E-state index in [1.165, 1.54) is 61.6 Å². The molecule has 26 heavy (non-hydrogen) atoms. The molecule has 1 fully saturated rings. The lowest BCUT2D eigenvalue weighted by molar-refractivity contribution is 0.0600. The number of fused-ring (bicyclic) bond motifs is 3. The van der Waals surface area contributed by atoms with Crippen molar-refractivity contribution >= 4 is 11.7 Å². The minimum Gasteiger partial charge on any atom is -0.465 e. The molecule has 1 aliphatic heterocycles. The summed E-state index contributed by atoms with van der Waals surface area (Å²) in [5.41, 5.74) is 6.00. The quantitative estimate of drug-likeness (QED) is 0.716. The van der Waals surface area contributed by atoms with E-state index >= 15 is 0 Å². The Morgan fingerprint density at radius 3 is 2.58 bits per heavy atom. The minimum atomic E-state index is -0.277. The molecule has 3 atom stereocenters. The highest BCUT2D eigenvalue weighted by atomic mass is 16.5. The van der Waals surface area contributed by atoms with E-state index < -0.39 is 0 Å². The van der Waals surface area contributed by atoms with Gasteiger partial charge in [0.15, 0.2) is 0 Å². The zero-order valence-electron chi connectivity index (χ0n) is 15.6. The van der Waals surface area contributed by atoms with Crippen molar-refractivity contribution in [3.05, 3.63) is 64.7 Å². The lowest BCUT2D eigenvalue weighted by Gasteiger charge is -2.41. The molecule has 1 N–H and O–H groups in total. The first-order valence-electron chi connectivity index (χ1n) is 9.73. The van der Waals surface area contributed by atoms with Gasteiger partial charge in [-0.2, -0.15) is 0 Å². The van der Waals surface area contributed by atoms with Gasteiger partial charge in [-0.1, -0.05) is 49.1 Å². The number of rotatable bonds is 2. The van der Waals surface area contributed by atoms with E-state index in [9.17, 15) is 4.79 Å². The summed E-state index contributed by atoms with van der Waals surface area (Å²) < 4.78 is 4.83. The Balaban J connectivity index is 1.71. The summed E-state index contributed by atoms with van der Waals surface area (Å²) in [7, 11) is 1.42. The van der Waals surface area contributed by atoms with Gasteiger partial charge in [0.2, 0.25) is 0 Å². The zero-order chi connectivity index (χ0) is 18.1. The smallest absolute Gasteiger partial charge is 0.337 e. The highest BCUT2D eigenvalue weighted by Crippen LogP contribution is 2.50. The normalized spacial score (nSPS) is 24.6. The molecule has 4 rings (SSSR count). The van der Waals surface area contributed by atoms with Crippen LogP contribution >= 0.6 is 0 Å².